The van der Waals surface area contributed by atoms with Crippen LogP contribution in [0.2, 0.25) is 0 Å². The maximum atomic E-state index is 2.21. The highest BCUT2D eigenvalue weighted by Crippen LogP contribution is 2.69. The molecule has 0 aliphatic heterocycles. The van der Waals surface area contributed by atoms with Crippen molar-refractivity contribution in [3.8, 4) is 0 Å². The van der Waals surface area contributed by atoms with Crippen molar-refractivity contribution in [1.29, 1.82) is 0 Å². The van der Waals surface area contributed by atoms with Crippen molar-refractivity contribution in [2.75, 3.05) is 0 Å². The average Bonchev–Trinajstić information content (AvgIpc) is 3.32. The molecule has 141 valence electrons. The van der Waals surface area contributed by atoms with Crippen LogP contribution in [0.1, 0.15) is 116 Å². The van der Waals surface area contributed by atoms with Crippen molar-refractivity contribution >= 4 is 0 Å². The molecule has 0 heteroatoms. The smallest absolute Gasteiger partial charge is 0.0140 e. The van der Waals surface area contributed by atoms with E-state index in [1.807, 2.05) is 0 Å². The second kappa shape index (κ2) is 7.20. The average molecular weight is 342 g/mol. The lowest BCUT2D eigenvalue weighted by molar-refractivity contribution is -0.0481. The van der Waals surface area contributed by atoms with Crippen molar-refractivity contribution in [2.45, 2.75) is 116 Å². The molecule has 0 aromatic carbocycles. The van der Waals surface area contributed by atoms with E-state index in [2.05, 4.69) is 5.92 Å². The predicted molar refractivity (Wildman–Crippen MR) is 106 cm³/mol. The van der Waals surface area contributed by atoms with E-state index in [9.17, 15) is 0 Å². The molecule has 0 spiro atoms. The Morgan fingerprint density at radius 2 is 1.12 bits per heavy atom. The summed E-state index contributed by atoms with van der Waals surface area (Å²) < 4.78 is 0. The first kappa shape index (κ1) is 17.1. The van der Waals surface area contributed by atoms with E-state index < -0.39 is 0 Å². The quantitative estimate of drug-likeness (QED) is 0.459. The van der Waals surface area contributed by atoms with Gasteiger partial charge in [-0.2, -0.15) is 0 Å². The summed E-state index contributed by atoms with van der Waals surface area (Å²) in [6, 6.07) is 0. The predicted octanol–water partition coefficient (Wildman–Crippen LogP) is 7.72. The molecular weight excluding hydrogens is 300 g/mol. The lowest BCUT2D eigenvalue weighted by atomic mass is 9.45. The summed E-state index contributed by atoms with van der Waals surface area (Å²) in [7, 11) is 0. The summed E-state index contributed by atoms with van der Waals surface area (Å²) in [4.78, 5) is 0. The van der Waals surface area contributed by atoms with Crippen molar-refractivity contribution in [3.63, 3.8) is 0 Å². The number of rotatable bonds is 4. The molecule has 0 aromatic heterocycles. The van der Waals surface area contributed by atoms with Crippen molar-refractivity contribution in [3.05, 3.63) is 5.92 Å². The monoisotopic (exact) mass is 341 g/mol. The summed E-state index contributed by atoms with van der Waals surface area (Å²) in [5.74, 6) is 7.69. The van der Waals surface area contributed by atoms with Crippen LogP contribution in [0.15, 0.2) is 0 Å². The second-order valence-electron chi connectivity index (χ2n) is 10.6. The standard InChI is InChI=1S/C25H41/c1-2-9-19(10-3-1)23-15-6-7-16-24(20-17-18-20)25(23,22-13-8-14-22)21-11-4-5-12-21/h19-22,24H,1-18H2. The van der Waals surface area contributed by atoms with Crippen LogP contribution in [0.4, 0.5) is 0 Å². The molecule has 0 heterocycles. The fourth-order valence-electron chi connectivity index (χ4n) is 8.26. The Morgan fingerprint density at radius 1 is 0.520 bits per heavy atom. The van der Waals surface area contributed by atoms with E-state index in [1.54, 1.807) is 89.9 Å². The third-order valence-corrected chi connectivity index (χ3v) is 9.48. The van der Waals surface area contributed by atoms with Crippen LogP contribution < -0.4 is 0 Å². The zero-order chi connectivity index (χ0) is 16.7. The minimum Gasteiger partial charge on any atom is -0.0533 e. The normalized spacial score (nSPS) is 40.1. The lowest BCUT2D eigenvalue weighted by Crippen LogP contribution is -2.52. The van der Waals surface area contributed by atoms with E-state index in [0.717, 1.165) is 35.0 Å². The van der Waals surface area contributed by atoms with Gasteiger partial charge in [-0.15, -0.1) is 0 Å². The molecule has 5 fully saturated rings. The van der Waals surface area contributed by atoms with Crippen molar-refractivity contribution in [1.82, 2.24) is 0 Å². The van der Waals surface area contributed by atoms with Gasteiger partial charge in [-0.05, 0) is 105 Å². The molecule has 2 atom stereocenters. The molecule has 5 rings (SSSR count). The molecule has 1 radical (unpaired) electrons. The molecule has 5 aliphatic rings. The van der Waals surface area contributed by atoms with Crippen molar-refractivity contribution < 1.29 is 0 Å². The summed E-state index contributed by atoms with van der Waals surface area (Å²) in [6.45, 7) is 0. The Kier molecular flexibility index (Phi) is 4.93. The highest BCUT2D eigenvalue weighted by molar-refractivity contribution is 5.22. The van der Waals surface area contributed by atoms with Gasteiger partial charge in [0.25, 0.3) is 0 Å². The van der Waals surface area contributed by atoms with Gasteiger partial charge in [-0.3, -0.25) is 0 Å². The molecule has 5 saturated carbocycles. The Hall–Kier alpha value is 0. The summed E-state index contributed by atoms with van der Waals surface area (Å²) in [5, 5.41) is 0. The van der Waals surface area contributed by atoms with Crippen LogP contribution in [0.5, 0.6) is 0 Å². The summed E-state index contributed by atoms with van der Waals surface area (Å²) in [6.07, 6.45) is 28.2. The molecule has 0 aromatic rings. The van der Waals surface area contributed by atoms with Gasteiger partial charge in [0.1, 0.15) is 0 Å². The maximum Gasteiger partial charge on any atom is -0.0140 e. The van der Waals surface area contributed by atoms with E-state index in [1.165, 1.54) is 25.7 Å². The molecule has 5 aliphatic carbocycles. The van der Waals surface area contributed by atoms with E-state index in [4.69, 9.17) is 0 Å². The van der Waals surface area contributed by atoms with Gasteiger partial charge >= 0.3 is 0 Å². The SMILES string of the molecule is C1CCC([C]2CCCCC(C3CC3)C2(C2CCCC2)C2CCC2)CC1. The van der Waals surface area contributed by atoms with E-state index in [-0.39, 0.29) is 0 Å². The van der Waals surface area contributed by atoms with Gasteiger partial charge < -0.3 is 0 Å². The Balaban J connectivity index is 1.56. The minimum absolute atomic E-state index is 0.731. The van der Waals surface area contributed by atoms with Crippen LogP contribution in [0.3, 0.4) is 0 Å². The van der Waals surface area contributed by atoms with E-state index in [0.29, 0.717) is 0 Å². The van der Waals surface area contributed by atoms with Gasteiger partial charge in [-0.1, -0.05) is 51.4 Å². The number of hydrogen-bond donors (Lipinski definition) is 0. The molecule has 2 unspecified atom stereocenters. The lowest BCUT2D eigenvalue weighted by Gasteiger charge is -2.59. The van der Waals surface area contributed by atoms with Crippen LogP contribution >= 0.6 is 0 Å². The maximum absolute atomic E-state index is 2.21. The van der Waals surface area contributed by atoms with Gasteiger partial charge in [0.05, 0.1) is 0 Å². The third kappa shape index (κ3) is 2.93. The zero-order valence-corrected chi connectivity index (χ0v) is 16.6. The van der Waals surface area contributed by atoms with Crippen LogP contribution in [-0.4, -0.2) is 0 Å². The molecule has 0 amide bonds. The summed E-state index contributed by atoms with van der Waals surface area (Å²) >= 11 is 0. The first-order chi connectivity index (χ1) is 12.4. The largest absolute Gasteiger partial charge is 0.0533 e. The first-order valence-electron chi connectivity index (χ1n) is 12.3. The third-order valence-electron chi connectivity index (χ3n) is 9.48. The molecule has 0 bridgehead atoms. The van der Waals surface area contributed by atoms with Gasteiger partial charge in [0, 0.05) is 0 Å². The van der Waals surface area contributed by atoms with Crippen LogP contribution in [0.25, 0.3) is 0 Å². The van der Waals surface area contributed by atoms with Crippen molar-refractivity contribution in [2.24, 2.45) is 35.0 Å². The first-order valence-corrected chi connectivity index (χ1v) is 12.3. The molecule has 25 heavy (non-hydrogen) atoms. The Labute approximate surface area is 156 Å². The molecule has 0 nitrogen and oxygen atoms in total. The van der Waals surface area contributed by atoms with Gasteiger partial charge in [-0.25, -0.2) is 0 Å². The second-order valence-corrected chi connectivity index (χ2v) is 10.6. The zero-order valence-electron chi connectivity index (χ0n) is 16.6. The van der Waals surface area contributed by atoms with Gasteiger partial charge in [0.15, 0.2) is 0 Å². The van der Waals surface area contributed by atoms with Crippen LogP contribution in [-0.2, 0) is 0 Å². The summed E-state index contributed by atoms with van der Waals surface area (Å²) in [5.41, 5.74) is 0.731. The molecule has 0 saturated heterocycles. The highest BCUT2D eigenvalue weighted by atomic mass is 14.6. The highest BCUT2D eigenvalue weighted by Gasteiger charge is 2.61. The minimum atomic E-state index is 0.731. The Bertz CT molecular complexity index is 433. The van der Waals surface area contributed by atoms with Gasteiger partial charge in [0.2, 0.25) is 0 Å². The van der Waals surface area contributed by atoms with Crippen LogP contribution in [0, 0.1) is 40.9 Å². The fourth-order valence-corrected chi connectivity index (χ4v) is 8.26. The van der Waals surface area contributed by atoms with E-state index >= 15 is 0 Å². The topological polar surface area (TPSA) is 0 Å². The molecular formula is C25H41. The number of hydrogen-bond acceptors (Lipinski definition) is 0. The fraction of sp³-hybridized carbons (Fsp3) is 0.960. The molecule has 0 N–H and O–H groups in total. The Morgan fingerprint density at radius 3 is 1.72 bits per heavy atom.